The molecule has 0 bridgehead atoms. The maximum atomic E-state index is 13.8. The van der Waals surface area contributed by atoms with Crippen LogP contribution >= 0.6 is 0 Å². The number of nitrogens with one attached hydrogen (secondary N) is 1. The van der Waals surface area contributed by atoms with Crippen molar-refractivity contribution in [1.82, 2.24) is 5.32 Å². The minimum Gasteiger partial charge on any atom is -0.488 e. The Morgan fingerprint density at radius 2 is 1.90 bits per heavy atom. The van der Waals surface area contributed by atoms with Gasteiger partial charge in [0, 0.05) is 18.2 Å². The summed E-state index contributed by atoms with van der Waals surface area (Å²) in [6.07, 6.45) is 0. The van der Waals surface area contributed by atoms with Gasteiger partial charge in [0.2, 0.25) is 0 Å². The molecule has 0 saturated carbocycles. The number of halogens is 2. The van der Waals surface area contributed by atoms with E-state index < -0.39 is 0 Å². The van der Waals surface area contributed by atoms with Gasteiger partial charge in [0.25, 0.3) is 0 Å². The molecule has 0 atom stereocenters. The summed E-state index contributed by atoms with van der Waals surface area (Å²) in [6.45, 7) is 5.46. The Kier molecular flexibility index (Phi) is 5.28. The molecule has 1 N–H and O–H groups in total. The fourth-order valence-electron chi connectivity index (χ4n) is 2.00. The Morgan fingerprint density at radius 1 is 1.10 bits per heavy atom. The van der Waals surface area contributed by atoms with Crippen molar-refractivity contribution in [2.45, 2.75) is 27.0 Å². The van der Waals surface area contributed by atoms with Crippen LogP contribution in [0.3, 0.4) is 0 Å². The van der Waals surface area contributed by atoms with Gasteiger partial charge in [-0.2, -0.15) is 0 Å². The summed E-state index contributed by atoms with van der Waals surface area (Å²) in [5.74, 6) is -0.243. The molecule has 0 amide bonds. The maximum Gasteiger partial charge on any atom is 0.129 e. The minimum atomic E-state index is -0.364. The van der Waals surface area contributed by atoms with Gasteiger partial charge < -0.3 is 10.1 Å². The summed E-state index contributed by atoms with van der Waals surface area (Å²) >= 11 is 0. The van der Waals surface area contributed by atoms with Crippen LogP contribution in [-0.2, 0) is 13.2 Å². The van der Waals surface area contributed by atoms with Crippen LogP contribution in [0.5, 0.6) is 5.75 Å². The summed E-state index contributed by atoms with van der Waals surface area (Å²) in [7, 11) is 0. The van der Waals surface area contributed by atoms with Crippen molar-refractivity contribution in [3.63, 3.8) is 0 Å². The summed E-state index contributed by atoms with van der Waals surface area (Å²) < 4.78 is 32.5. The van der Waals surface area contributed by atoms with Gasteiger partial charge in [0.05, 0.1) is 0 Å². The molecular weight excluding hydrogens is 272 g/mol. The molecule has 4 heteroatoms. The van der Waals surface area contributed by atoms with Gasteiger partial charge in [0.1, 0.15) is 24.0 Å². The summed E-state index contributed by atoms with van der Waals surface area (Å²) in [5.41, 5.74) is 2.28. The van der Waals surface area contributed by atoms with Crippen LogP contribution in [0.4, 0.5) is 8.78 Å². The van der Waals surface area contributed by atoms with E-state index in [1.807, 2.05) is 13.8 Å². The fraction of sp³-hybridized carbons (Fsp3) is 0.294. The van der Waals surface area contributed by atoms with Crippen molar-refractivity contribution in [2.24, 2.45) is 0 Å². The first kappa shape index (κ1) is 15.4. The monoisotopic (exact) mass is 291 g/mol. The number of aryl methyl sites for hydroxylation is 1. The molecule has 0 spiro atoms. The molecule has 0 unspecified atom stereocenters. The van der Waals surface area contributed by atoms with Crippen LogP contribution in [0, 0.1) is 18.6 Å². The summed E-state index contributed by atoms with van der Waals surface area (Å²) in [6, 6.07) is 9.28. The van der Waals surface area contributed by atoms with E-state index in [-0.39, 0.29) is 18.2 Å². The number of hydrogen-bond acceptors (Lipinski definition) is 2. The van der Waals surface area contributed by atoms with E-state index in [4.69, 9.17) is 4.74 Å². The molecule has 0 radical (unpaired) electrons. The highest BCUT2D eigenvalue weighted by atomic mass is 19.1. The van der Waals surface area contributed by atoms with Crippen LogP contribution < -0.4 is 10.1 Å². The predicted molar refractivity (Wildman–Crippen MR) is 79.2 cm³/mol. The Hall–Kier alpha value is -1.94. The smallest absolute Gasteiger partial charge is 0.129 e. The third-order valence-corrected chi connectivity index (χ3v) is 3.22. The van der Waals surface area contributed by atoms with Crippen LogP contribution in [0.15, 0.2) is 36.4 Å². The van der Waals surface area contributed by atoms with Crippen LogP contribution in [0.2, 0.25) is 0 Å². The van der Waals surface area contributed by atoms with Gasteiger partial charge in [-0.3, -0.25) is 0 Å². The van der Waals surface area contributed by atoms with Gasteiger partial charge in [-0.25, -0.2) is 8.78 Å². The lowest BCUT2D eigenvalue weighted by Gasteiger charge is -2.11. The highest BCUT2D eigenvalue weighted by Gasteiger charge is 2.07. The first-order valence-electron chi connectivity index (χ1n) is 6.97. The quantitative estimate of drug-likeness (QED) is 0.869. The molecule has 2 aromatic carbocycles. The second-order valence-corrected chi connectivity index (χ2v) is 4.90. The summed E-state index contributed by atoms with van der Waals surface area (Å²) in [5, 5.41) is 3.19. The second kappa shape index (κ2) is 7.18. The van der Waals surface area contributed by atoms with E-state index >= 15 is 0 Å². The second-order valence-electron chi connectivity index (χ2n) is 4.90. The van der Waals surface area contributed by atoms with Crippen molar-refractivity contribution in [3.05, 3.63) is 64.7 Å². The molecule has 2 rings (SSSR count). The fourth-order valence-corrected chi connectivity index (χ4v) is 2.00. The third-order valence-electron chi connectivity index (χ3n) is 3.22. The molecule has 0 aliphatic rings. The van der Waals surface area contributed by atoms with Crippen molar-refractivity contribution in [1.29, 1.82) is 0 Å². The number of hydrogen-bond donors (Lipinski definition) is 1. The Bertz CT molecular complexity index is 614. The molecule has 0 aromatic heterocycles. The lowest BCUT2D eigenvalue weighted by atomic mass is 10.1. The van der Waals surface area contributed by atoms with Crippen molar-refractivity contribution < 1.29 is 13.5 Å². The van der Waals surface area contributed by atoms with Gasteiger partial charge in [-0.05, 0) is 42.8 Å². The predicted octanol–water partition coefficient (Wildman–Crippen LogP) is 3.96. The van der Waals surface area contributed by atoms with Gasteiger partial charge in [0.15, 0.2) is 0 Å². The van der Waals surface area contributed by atoms with Crippen molar-refractivity contribution >= 4 is 0 Å². The van der Waals surface area contributed by atoms with E-state index in [0.29, 0.717) is 17.9 Å². The maximum absolute atomic E-state index is 13.8. The first-order chi connectivity index (χ1) is 10.1. The van der Waals surface area contributed by atoms with Gasteiger partial charge >= 0.3 is 0 Å². The highest BCUT2D eigenvalue weighted by Crippen LogP contribution is 2.21. The van der Waals surface area contributed by atoms with Crippen molar-refractivity contribution in [2.75, 3.05) is 6.54 Å². The van der Waals surface area contributed by atoms with E-state index in [0.717, 1.165) is 17.7 Å². The zero-order valence-corrected chi connectivity index (χ0v) is 12.2. The van der Waals surface area contributed by atoms with E-state index in [9.17, 15) is 8.78 Å². The molecule has 2 nitrogen and oxygen atoms in total. The van der Waals surface area contributed by atoms with Crippen molar-refractivity contribution in [3.8, 4) is 5.75 Å². The normalized spacial score (nSPS) is 10.7. The molecule has 0 heterocycles. The molecular formula is C17H19F2NO. The standard InChI is InChI=1S/C17H19F2NO/c1-3-20-10-13-5-7-16(19)14(8-13)11-21-17-9-15(18)6-4-12(17)2/h4-9,20H,3,10-11H2,1-2H3. The van der Waals surface area contributed by atoms with E-state index in [1.54, 1.807) is 18.2 Å². The number of benzene rings is 2. The van der Waals surface area contributed by atoms with Gasteiger partial charge in [-0.1, -0.05) is 19.1 Å². The zero-order valence-electron chi connectivity index (χ0n) is 12.2. The largest absolute Gasteiger partial charge is 0.488 e. The average molecular weight is 291 g/mol. The molecule has 21 heavy (non-hydrogen) atoms. The Morgan fingerprint density at radius 3 is 2.67 bits per heavy atom. The molecule has 0 saturated heterocycles. The highest BCUT2D eigenvalue weighted by molar-refractivity contribution is 5.33. The molecule has 2 aromatic rings. The number of rotatable bonds is 6. The van der Waals surface area contributed by atoms with Gasteiger partial charge in [-0.15, -0.1) is 0 Å². The Balaban J connectivity index is 2.10. The van der Waals surface area contributed by atoms with Crippen LogP contribution in [0.25, 0.3) is 0 Å². The number of ether oxygens (including phenoxy) is 1. The van der Waals surface area contributed by atoms with E-state index in [1.165, 1.54) is 18.2 Å². The lowest BCUT2D eigenvalue weighted by molar-refractivity contribution is 0.296. The molecule has 0 fully saturated rings. The Labute approximate surface area is 123 Å². The zero-order chi connectivity index (χ0) is 15.2. The summed E-state index contributed by atoms with van der Waals surface area (Å²) in [4.78, 5) is 0. The van der Waals surface area contributed by atoms with Crippen LogP contribution in [-0.4, -0.2) is 6.54 Å². The van der Waals surface area contributed by atoms with E-state index in [2.05, 4.69) is 5.32 Å². The average Bonchev–Trinajstić information content (AvgIpc) is 2.48. The molecule has 112 valence electrons. The SMILES string of the molecule is CCNCc1ccc(F)c(COc2cc(F)ccc2C)c1. The molecule has 0 aliphatic heterocycles. The third kappa shape index (κ3) is 4.26. The topological polar surface area (TPSA) is 21.3 Å². The van der Waals surface area contributed by atoms with Crippen LogP contribution in [0.1, 0.15) is 23.6 Å². The lowest BCUT2D eigenvalue weighted by Crippen LogP contribution is -2.12. The molecule has 0 aliphatic carbocycles. The first-order valence-corrected chi connectivity index (χ1v) is 6.97. The minimum absolute atomic E-state index is 0.0795.